The minimum atomic E-state index is 0.374. The lowest BCUT2D eigenvalue weighted by molar-refractivity contribution is 0.175. The first kappa shape index (κ1) is 11.9. The minimum absolute atomic E-state index is 0.374. The van der Waals surface area contributed by atoms with Crippen molar-refractivity contribution >= 4 is 5.69 Å². The summed E-state index contributed by atoms with van der Waals surface area (Å²) in [5.41, 5.74) is 1.67. The van der Waals surface area contributed by atoms with Gasteiger partial charge in [-0.25, -0.2) is 4.98 Å². The number of aromatic nitrogens is 1. The summed E-state index contributed by atoms with van der Waals surface area (Å²) < 4.78 is 5.12. The maximum atomic E-state index is 8.93. The van der Waals surface area contributed by atoms with E-state index in [-0.39, 0.29) is 0 Å². The van der Waals surface area contributed by atoms with Crippen molar-refractivity contribution in [2.45, 2.75) is 19.3 Å². The van der Waals surface area contributed by atoms with Crippen LogP contribution in [0, 0.1) is 16.7 Å². The monoisotopic (exact) mass is 231 g/mol. The zero-order valence-electron chi connectivity index (χ0n) is 10.1. The van der Waals surface area contributed by atoms with Crippen LogP contribution in [-0.2, 0) is 4.74 Å². The molecule has 1 aliphatic carbocycles. The molecule has 90 valence electrons. The SMILES string of the molecule is COCCC1(CNc2cccnc2C#N)CC1. The number of pyridine rings is 1. The normalized spacial score (nSPS) is 16.2. The number of hydrogen-bond donors (Lipinski definition) is 1. The molecule has 0 aliphatic heterocycles. The third-order valence-corrected chi connectivity index (χ3v) is 3.36. The molecule has 1 aliphatic rings. The summed E-state index contributed by atoms with van der Waals surface area (Å²) in [6.45, 7) is 1.70. The van der Waals surface area contributed by atoms with Crippen molar-refractivity contribution in [3.63, 3.8) is 0 Å². The van der Waals surface area contributed by atoms with E-state index in [4.69, 9.17) is 10.00 Å². The second-order valence-electron chi connectivity index (χ2n) is 4.61. The van der Waals surface area contributed by atoms with Crippen LogP contribution >= 0.6 is 0 Å². The molecule has 1 N–H and O–H groups in total. The van der Waals surface area contributed by atoms with Crippen molar-refractivity contribution in [2.24, 2.45) is 5.41 Å². The first-order valence-electron chi connectivity index (χ1n) is 5.88. The third kappa shape index (κ3) is 2.95. The summed E-state index contributed by atoms with van der Waals surface area (Å²) in [6, 6.07) is 5.84. The summed E-state index contributed by atoms with van der Waals surface area (Å²) in [7, 11) is 1.73. The molecule has 1 heterocycles. The lowest BCUT2D eigenvalue weighted by Gasteiger charge is -2.16. The first-order valence-corrected chi connectivity index (χ1v) is 5.88. The molecule has 4 nitrogen and oxygen atoms in total. The number of nitrogens with one attached hydrogen (secondary N) is 1. The summed E-state index contributed by atoms with van der Waals surface area (Å²) in [5, 5.41) is 12.3. The summed E-state index contributed by atoms with van der Waals surface area (Å²) in [5.74, 6) is 0. The maximum Gasteiger partial charge on any atom is 0.163 e. The highest BCUT2D eigenvalue weighted by atomic mass is 16.5. The summed E-state index contributed by atoms with van der Waals surface area (Å²) in [4.78, 5) is 4.03. The number of hydrogen-bond acceptors (Lipinski definition) is 4. The molecule has 1 aromatic rings. The fourth-order valence-corrected chi connectivity index (χ4v) is 1.93. The molecule has 0 unspecified atom stereocenters. The number of rotatable bonds is 6. The van der Waals surface area contributed by atoms with Gasteiger partial charge in [-0.2, -0.15) is 5.26 Å². The Morgan fingerprint density at radius 1 is 1.59 bits per heavy atom. The van der Waals surface area contributed by atoms with Crippen molar-refractivity contribution < 1.29 is 4.74 Å². The van der Waals surface area contributed by atoms with Gasteiger partial charge < -0.3 is 10.1 Å². The van der Waals surface area contributed by atoms with Crippen LogP contribution in [0.25, 0.3) is 0 Å². The molecule has 0 radical (unpaired) electrons. The number of nitriles is 1. The van der Waals surface area contributed by atoms with E-state index in [2.05, 4.69) is 16.4 Å². The molecule has 0 aromatic carbocycles. The standard InChI is InChI=1S/C13H17N3O/c1-17-8-6-13(4-5-13)10-16-11-3-2-7-15-12(11)9-14/h2-3,7,16H,4-6,8,10H2,1H3. The Labute approximate surface area is 102 Å². The average molecular weight is 231 g/mol. The van der Waals surface area contributed by atoms with Gasteiger partial charge in [0.05, 0.1) is 5.69 Å². The van der Waals surface area contributed by atoms with Crippen molar-refractivity contribution in [1.29, 1.82) is 5.26 Å². The maximum absolute atomic E-state index is 8.93. The first-order chi connectivity index (χ1) is 8.29. The Kier molecular flexibility index (Phi) is 3.60. The molecular formula is C13H17N3O. The van der Waals surface area contributed by atoms with Gasteiger partial charge in [0.25, 0.3) is 0 Å². The van der Waals surface area contributed by atoms with Crippen molar-refractivity contribution in [3.8, 4) is 6.07 Å². The van der Waals surface area contributed by atoms with Crippen molar-refractivity contribution in [1.82, 2.24) is 4.98 Å². The number of nitrogens with zero attached hydrogens (tertiary/aromatic N) is 2. The summed E-state index contributed by atoms with van der Waals surface area (Å²) >= 11 is 0. The van der Waals surface area contributed by atoms with Gasteiger partial charge in [0, 0.05) is 26.5 Å². The molecule has 0 saturated heterocycles. The fraction of sp³-hybridized carbons (Fsp3) is 0.538. The van der Waals surface area contributed by atoms with Crippen LogP contribution in [0.3, 0.4) is 0 Å². The van der Waals surface area contributed by atoms with E-state index in [1.165, 1.54) is 12.8 Å². The summed E-state index contributed by atoms with van der Waals surface area (Å²) in [6.07, 6.45) is 5.21. The molecule has 4 heteroatoms. The smallest absolute Gasteiger partial charge is 0.163 e. The van der Waals surface area contributed by atoms with Gasteiger partial charge in [-0.3, -0.25) is 0 Å². The fourth-order valence-electron chi connectivity index (χ4n) is 1.93. The highest BCUT2D eigenvalue weighted by Crippen LogP contribution is 2.48. The van der Waals surface area contributed by atoms with E-state index >= 15 is 0 Å². The van der Waals surface area contributed by atoms with E-state index in [0.29, 0.717) is 11.1 Å². The third-order valence-electron chi connectivity index (χ3n) is 3.36. The average Bonchev–Trinajstić information content (AvgIpc) is 3.15. The molecule has 1 saturated carbocycles. The van der Waals surface area contributed by atoms with E-state index in [1.807, 2.05) is 12.1 Å². The molecule has 0 atom stereocenters. The molecule has 2 rings (SSSR count). The second-order valence-corrected chi connectivity index (χ2v) is 4.61. The van der Waals surface area contributed by atoms with Gasteiger partial charge in [-0.15, -0.1) is 0 Å². The Morgan fingerprint density at radius 2 is 2.41 bits per heavy atom. The molecule has 17 heavy (non-hydrogen) atoms. The van der Waals surface area contributed by atoms with Gasteiger partial charge in [0.1, 0.15) is 6.07 Å². The largest absolute Gasteiger partial charge is 0.385 e. The van der Waals surface area contributed by atoms with Gasteiger partial charge in [-0.1, -0.05) is 0 Å². The molecule has 1 aromatic heterocycles. The van der Waals surface area contributed by atoms with Gasteiger partial charge in [0.15, 0.2) is 5.69 Å². The topological polar surface area (TPSA) is 57.9 Å². The van der Waals surface area contributed by atoms with Crippen LogP contribution in [0.4, 0.5) is 5.69 Å². The molecule has 0 amide bonds. The Hall–Kier alpha value is -1.60. The van der Waals surface area contributed by atoms with Crippen molar-refractivity contribution in [2.75, 3.05) is 25.6 Å². The van der Waals surface area contributed by atoms with Crippen LogP contribution in [0.5, 0.6) is 0 Å². The number of anilines is 1. The highest BCUT2D eigenvalue weighted by molar-refractivity contribution is 5.53. The van der Waals surface area contributed by atoms with E-state index in [0.717, 1.165) is 25.3 Å². The van der Waals surface area contributed by atoms with Crippen LogP contribution < -0.4 is 5.32 Å². The zero-order valence-corrected chi connectivity index (χ0v) is 10.1. The van der Waals surface area contributed by atoms with Gasteiger partial charge in [0.2, 0.25) is 0 Å². The quantitative estimate of drug-likeness (QED) is 0.815. The van der Waals surface area contributed by atoms with Crippen LogP contribution in [0.1, 0.15) is 25.0 Å². The second kappa shape index (κ2) is 5.15. The van der Waals surface area contributed by atoms with E-state index < -0.39 is 0 Å². The predicted octanol–water partition coefficient (Wildman–Crippen LogP) is 2.18. The molecule has 1 fully saturated rings. The highest BCUT2D eigenvalue weighted by Gasteiger charge is 2.41. The van der Waals surface area contributed by atoms with E-state index in [1.54, 1.807) is 13.3 Å². The lowest BCUT2D eigenvalue weighted by Crippen LogP contribution is -2.18. The molecule has 0 spiro atoms. The van der Waals surface area contributed by atoms with Gasteiger partial charge >= 0.3 is 0 Å². The van der Waals surface area contributed by atoms with Crippen LogP contribution in [-0.4, -0.2) is 25.2 Å². The van der Waals surface area contributed by atoms with Gasteiger partial charge in [-0.05, 0) is 36.8 Å². The van der Waals surface area contributed by atoms with E-state index in [9.17, 15) is 0 Å². The van der Waals surface area contributed by atoms with Crippen molar-refractivity contribution in [3.05, 3.63) is 24.0 Å². The minimum Gasteiger partial charge on any atom is -0.385 e. The predicted molar refractivity (Wildman–Crippen MR) is 65.6 cm³/mol. The Balaban J connectivity index is 1.92. The number of methoxy groups -OCH3 is 1. The van der Waals surface area contributed by atoms with Crippen LogP contribution in [0.15, 0.2) is 18.3 Å². The molecule has 0 bridgehead atoms. The number of ether oxygens (including phenoxy) is 1. The lowest BCUT2D eigenvalue weighted by atomic mass is 10.0. The Bertz CT molecular complexity index is 421. The van der Waals surface area contributed by atoms with Crippen LogP contribution in [0.2, 0.25) is 0 Å². The zero-order chi connectivity index (χ0) is 12.1. The molecular weight excluding hydrogens is 214 g/mol. The Morgan fingerprint density at radius 3 is 3.06 bits per heavy atom.